The number of hydrogen-bond acceptors (Lipinski definition) is 3. The minimum Gasteiger partial charge on any atom is -0.397 e. The van der Waals surface area contributed by atoms with Crippen LogP contribution in [0.2, 0.25) is 0 Å². The van der Waals surface area contributed by atoms with Crippen LogP contribution < -0.4 is 11.5 Å². The van der Waals surface area contributed by atoms with Gasteiger partial charge in [-0.2, -0.15) is 0 Å². The van der Waals surface area contributed by atoms with Gasteiger partial charge in [0, 0.05) is 0 Å². The molecule has 0 aliphatic rings. The van der Waals surface area contributed by atoms with E-state index in [2.05, 4.69) is 21.5 Å². The summed E-state index contributed by atoms with van der Waals surface area (Å²) in [5.41, 5.74) is 11.8. The van der Waals surface area contributed by atoms with Gasteiger partial charge >= 0.3 is 0 Å². The number of aromatic nitrogens is 2. The van der Waals surface area contributed by atoms with E-state index >= 15 is 0 Å². The van der Waals surface area contributed by atoms with E-state index < -0.39 is 0 Å². The fourth-order valence-corrected chi connectivity index (χ4v) is 0.775. The molecule has 1 heterocycles. The molecule has 64 valence electrons. The molecule has 0 atom stereocenters. The average Bonchev–Trinajstić information content (AvgIpc) is 2.33. The molecule has 5 N–H and O–H groups in total. The second-order valence-corrected chi connectivity index (χ2v) is 2.38. The third kappa shape index (κ3) is 1.63. The number of imidazole rings is 1. The van der Waals surface area contributed by atoms with Gasteiger partial charge in [-0.05, 0) is 6.92 Å². The first-order valence-corrected chi connectivity index (χ1v) is 3.40. The fraction of sp³-hybridized carbons (Fsp3) is 0.143. The van der Waals surface area contributed by atoms with Crippen LogP contribution in [0, 0.1) is 0 Å². The summed E-state index contributed by atoms with van der Waals surface area (Å²) >= 11 is 0. The second kappa shape index (κ2) is 3.08. The Labute approximate surface area is 70.2 Å². The van der Waals surface area contributed by atoms with Crippen molar-refractivity contribution in [1.82, 2.24) is 9.97 Å². The van der Waals surface area contributed by atoms with E-state index in [1.54, 1.807) is 6.92 Å². The van der Waals surface area contributed by atoms with Gasteiger partial charge in [-0.15, -0.1) is 0 Å². The van der Waals surface area contributed by atoms with Crippen molar-refractivity contribution >= 4 is 17.4 Å². The average molecular weight is 165 g/mol. The maximum absolute atomic E-state index is 5.46. The Bertz CT molecular complexity index is 318. The predicted octanol–water partition coefficient (Wildman–Crippen LogP) is 0.348. The van der Waals surface area contributed by atoms with Crippen LogP contribution in [0.4, 0.5) is 5.82 Å². The van der Waals surface area contributed by atoms with Gasteiger partial charge in [-0.25, -0.2) is 9.98 Å². The van der Waals surface area contributed by atoms with Gasteiger partial charge in [-0.3, -0.25) is 0 Å². The maximum atomic E-state index is 5.46. The molecule has 0 aromatic carbocycles. The number of aromatic amines is 1. The molecule has 12 heavy (non-hydrogen) atoms. The smallest absolute Gasteiger partial charge is 0.181 e. The van der Waals surface area contributed by atoms with E-state index in [-0.39, 0.29) is 0 Å². The SMILES string of the molecule is C=C(N)c1[nH]cnc1N=C(C)N. The van der Waals surface area contributed by atoms with Crippen LogP contribution in [-0.2, 0) is 0 Å². The van der Waals surface area contributed by atoms with Crippen molar-refractivity contribution in [2.75, 3.05) is 0 Å². The van der Waals surface area contributed by atoms with Gasteiger partial charge < -0.3 is 16.5 Å². The van der Waals surface area contributed by atoms with Crippen LogP contribution in [0.25, 0.3) is 5.70 Å². The van der Waals surface area contributed by atoms with Gasteiger partial charge in [0.15, 0.2) is 5.82 Å². The van der Waals surface area contributed by atoms with Crippen LogP contribution >= 0.6 is 0 Å². The summed E-state index contributed by atoms with van der Waals surface area (Å²) in [7, 11) is 0. The summed E-state index contributed by atoms with van der Waals surface area (Å²) in [6.07, 6.45) is 1.50. The van der Waals surface area contributed by atoms with Crippen LogP contribution in [-0.4, -0.2) is 15.8 Å². The lowest BCUT2D eigenvalue weighted by Gasteiger charge is -1.95. The summed E-state index contributed by atoms with van der Waals surface area (Å²) in [5.74, 6) is 0.909. The normalized spacial score (nSPS) is 11.6. The molecule has 0 radical (unpaired) electrons. The third-order valence-electron chi connectivity index (χ3n) is 1.22. The molecule has 0 amide bonds. The molecule has 0 saturated heterocycles. The Morgan fingerprint density at radius 2 is 2.33 bits per heavy atom. The Hall–Kier alpha value is -1.78. The molecule has 0 saturated carbocycles. The topological polar surface area (TPSA) is 93.1 Å². The third-order valence-corrected chi connectivity index (χ3v) is 1.22. The molecule has 1 aromatic rings. The van der Waals surface area contributed by atoms with Gasteiger partial charge in [0.05, 0.1) is 17.9 Å². The molecule has 5 heteroatoms. The number of H-pyrrole nitrogens is 1. The van der Waals surface area contributed by atoms with Crippen molar-refractivity contribution in [3.05, 3.63) is 18.6 Å². The lowest BCUT2D eigenvalue weighted by atomic mass is 10.3. The van der Waals surface area contributed by atoms with Crippen LogP contribution in [0.5, 0.6) is 0 Å². The highest BCUT2D eigenvalue weighted by Gasteiger charge is 2.04. The standard InChI is InChI=1S/C7H11N5/c1-4(8)6-7(11-3-10-6)12-5(2)9/h3H,1,8H2,2H3,(H2,9,12)(H,10,11). The van der Waals surface area contributed by atoms with Crippen molar-refractivity contribution in [2.24, 2.45) is 16.5 Å². The molecule has 0 aliphatic heterocycles. The zero-order chi connectivity index (χ0) is 9.14. The summed E-state index contributed by atoms with van der Waals surface area (Å²) < 4.78 is 0. The van der Waals surface area contributed by atoms with Crippen LogP contribution in [0.3, 0.4) is 0 Å². The summed E-state index contributed by atoms with van der Waals surface area (Å²) in [6, 6.07) is 0. The zero-order valence-corrected chi connectivity index (χ0v) is 6.83. The van der Waals surface area contributed by atoms with Gasteiger partial charge in [0.25, 0.3) is 0 Å². The quantitative estimate of drug-likeness (QED) is 0.436. The lowest BCUT2D eigenvalue weighted by molar-refractivity contribution is 1.29. The number of nitrogens with two attached hydrogens (primary N) is 2. The van der Waals surface area contributed by atoms with Gasteiger partial charge in [0.2, 0.25) is 0 Å². The maximum Gasteiger partial charge on any atom is 0.181 e. The number of amidine groups is 1. The molecular weight excluding hydrogens is 154 g/mol. The second-order valence-electron chi connectivity index (χ2n) is 2.38. The minimum absolute atomic E-state index is 0.396. The van der Waals surface area contributed by atoms with Crippen molar-refractivity contribution in [1.29, 1.82) is 0 Å². The molecule has 0 aliphatic carbocycles. The molecule has 0 unspecified atom stereocenters. The molecule has 0 fully saturated rings. The summed E-state index contributed by atoms with van der Waals surface area (Å²) in [6.45, 7) is 5.24. The van der Waals surface area contributed by atoms with Gasteiger partial charge in [0.1, 0.15) is 5.69 Å². The first-order chi connectivity index (χ1) is 5.61. The van der Waals surface area contributed by atoms with Crippen molar-refractivity contribution in [3.8, 4) is 0 Å². The van der Waals surface area contributed by atoms with Crippen molar-refractivity contribution < 1.29 is 0 Å². The number of aliphatic imine (C=N–C) groups is 1. The Kier molecular flexibility index (Phi) is 2.14. The number of hydrogen-bond donors (Lipinski definition) is 3. The largest absolute Gasteiger partial charge is 0.397 e. The first-order valence-electron chi connectivity index (χ1n) is 3.40. The summed E-state index contributed by atoms with van der Waals surface area (Å²) in [4.78, 5) is 10.7. The minimum atomic E-state index is 0.396. The lowest BCUT2D eigenvalue weighted by Crippen LogP contribution is -2.04. The van der Waals surface area contributed by atoms with Crippen molar-refractivity contribution in [2.45, 2.75) is 6.92 Å². The first kappa shape index (κ1) is 8.32. The zero-order valence-electron chi connectivity index (χ0n) is 6.83. The van der Waals surface area contributed by atoms with Crippen LogP contribution in [0.15, 0.2) is 17.9 Å². The number of rotatable bonds is 2. The van der Waals surface area contributed by atoms with E-state index in [0.717, 1.165) is 0 Å². The Balaban J connectivity index is 3.08. The van der Waals surface area contributed by atoms with E-state index in [0.29, 0.717) is 23.0 Å². The van der Waals surface area contributed by atoms with E-state index in [4.69, 9.17) is 11.5 Å². The van der Waals surface area contributed by atoms with E-state index in [1.807, 2.05) is 0 Å². The molecule has 0 bridgehead atoms. The molecule has 5 nitrogen and oxygen atoms in total. The fourth-order valence-electron chi connectivity index (χ4n) is 0.775. The van der Waals surface area contributed by atoms with E-state index in [9.17, 15) is 0 Å². The van der Waals surface area contributed by atoms with Crippen LogP contribution in [0.1, 0.15) is 12.6 Å². The summed E-state index contributed by atoms with van der Waals surface area (Å²) in [5, 5.41) is 0. The van der Waals surface area contributed by atoms with Crippen molar-refractivity contribution in [3.63, 3.8) is 0 Å². The molecular formula is C7H11N5. The monoisotopic (exact) mass is 165 g/mol. The highest BCUT2D eigenvalue weighted by molar-refractivity contribution is 5.81. The molecule has 0 spiro atoms. The van der Waals surface area contributed by atoms with E-state index in [1.165, 1.54) is 6.33 Å². The van der Waals surface area contributed by atoms with Gasteiger partial charge in [-0.1, -0.05) is 6.58 Å². The Morgan fingerprint density at radius 1 is 1.67 bits per heavy atom. The molecule has 1 rings (SSSR count). The molecule has 1 aromatic heterocycles. The Morgan fingerprint density at radius 3 is 2.83 bits per heavy atom. The highest BCUT2D eigenvalue weighted by Crippen LogP contribution is 2.17. The highest BCUT2D eigenvalue weighted by atomic mass is 15.0. The number of nitrogens with zero attached hydrogens (tertiary/aromatic N) is 2. The number of nitrogens with one attached hydrogen (secondary N) is 1. The predicted molar refractivity (Wildman–Crippen MR) is 48.8 cm³/mol.